The van der Waals surface area contributed by atoms with E-state index < -0.39 is 23.3 Å². The van der Waals surface area contributed by atoms with E-state index in [1.165, 1.54) is 37.3 Å². The number of ketones is 1. The zero-order valence-corrected chi connectivity index (χ0v) is 23.5. The van der Waals surface area contributed by atoms with Gasteiger partial charge in [-0.15, -0.1) is 11.3 Å². The van der Waals surface area contributed by atoms with Gasteiger partial charge in [0, 0.05) is 22.4 Å². The molecule has 0 unspecified atom stereocenters. The Hall–Kier alpha value is -3.20. The van der Waals surface area contributed by atoms with Crippen molar-refractivity contribution in [3.63, 3.8) is 0 Å². The molecule has 0 aliphatic carbocycles. The van der Waals surface area contributed by atoms with Crippen molar-refractivity contribution in [3.05, 3.63) is 69.7 Å². The van der Waals surface area contributed by atoms with E-state index in [-0.39, 0.29) is 17.8 Å². The Morgan fingerprint density at radius 1 is 1.03 bits per heavy atom. The molecule has 0 saturated heterocycles. The number of carboxylic acid groups (broad SMARTS) is 1. The van der Waals surface area contributed by atoms with Crippen molar-refractivity contribution in [2.75, 3.05) is 0 Å². The highest BCUT2D eigenvalue weighted by atomic mass is 32.1. The third kappa shape index (κ3) is 7.91. The number of carboxylic acids is 1. The van der Waals surface area contributed by atoms with Crippen molar-refractivity contribution in [1.82, 2.24) is 4.98 Å². The first kappa shape index (κ1) is 30.3. The first-order chi connectivity index (χ1) is 18.3. The van der Waals surface area contributed by atoms with Crippen LogP contribution in [0.4, 0.5) is 13.2 Å². The molecular weight excluding hydrogens is 527 g/mol. The molecule has 1 heterocycles. The van der Waals surface area contributed by atoms with Gasteiger partial charge in [0.2, 0.25) is 0 Å². The zero-order valence-electron chi connectivity index (χ0n) is 22.7. The van der Waals surface area contributed by atoms with Crippen LogP contribution in [-0.4, -0.2) is 27.4 Å². The number of rotatable bonds is 13. The molecule has 1 N–H and O–H groups in total. The average molecular weight is 562 g/mol. The lowest BCUT2D eigenvalue weighted by molar-refractivity contribution is -0.152. The lowest BCUT2D eigenvalue weighted by Gasteiger charge is -2.22. The Kier molecular flexibility index (Phi) is 9.93. The molecule has 0 fully saturated rings. The van der Waals surface area contributed by atoms with Gasteiger partial charge in [0.15, 0.2) is 11.4 Å². The van der Waals surface area contributed by atoms with Gasteiger partial charge in [-0.25, -0.2) is 9.78 Å². The van der Waals surface area contributed by atoms with E-state index in [2.05, 4.69) is 11.9 Å². The molecule has 0 amide bonds. The number of aliphatic carboxylic acids is 1. The van der Waals surface area contributed by atoms with Crippen molar-refractivity contribution in [2.45, 2.75) is 84.4 Å². The summed E-state index contributed by atoms with van der Waals surface area (Å²) in [5.74, 6) is -0.845. The average Bonchev–Trinajstić information content (AvgIpc) is 3.28. The number of carbonyl (C=O) groups is 2. The summed E-state index contributed by atoms with van der Waals surface area (Å²) >= 11 is 1.22. The quantitative estimate of drug-likeness (QED) is 0.168. The minimum atomic E-state index is -4.49. The molecule has 2 aromatic carbocycles. The maximum absolute atomic E-state index is 13.7. The van der Waals surface area contributed by atoms with Crippen LogP contribution in [0.15, 0.2) is 42.5 Å². The molecule has 0 spiro atoms. The van der Waals surface area contributed by atoms with Crippen molar-refractivity contribution >= 4 is 23.1 Å². The number of unbranched alkanes of at least 4 members (excludes halogenated alkanes) is 3. The van der Waals surface area contributed by atoms with Gasteiger partial charge in [0.25, 0.3) is 0 Å². The second-order valence-electron chi connectivity index (χ2n) is 10.1. The molecule has 210 valence electrons. The van der Waals surface area contributed by atoms with Gasteiger partial charge >= 0.3 is 12.1 Å². The highest BCUT2D eigenvalue weighted by Crippen LogP contribution is 2.39. The Bertz CT molecular complexity index is 1310. The van der Waals surface area contributed by atoms with Crippen molar-refractivity contribution in [1.29, 1.82) is 0 Å². The van der Waals surface area contributed by atoms with Gasteiger partial charge in [-0.1, -0.05) is 44.4 Å². The number of aryl methyl sites for hydroxylation is 3. The van der Waals surface area contributed by atoms with Crippen LogP contribution in [-0.2, 0) is 23.8 Å². The molecule has 0 bridgehead atoms. The van der Waals surface area contributed by atoms with Crippen molar-refractivity contribution < 1.29 is 32.6 Å². The highest BCUT2D eigenvalue weighted by Gasteiger charge is 2.34. The summed E-state index contributed by atoms with van der Waals surface area (Å²) in [7, 11) is 0. The second-order valence-corrected chi connectivity index (χ2v) is 11.1. The van der Waals surface area contributed by atoms with Crippen LogP contribution in [0, 0.1) is 6.92 Å². The largest absolute Gasteiger partial charge is 0.478 e. The second kappa shape index (κ2) is 12.8. The Morgan fingerprint density at radius 2 is 1.74 bits per heavy atom. The standard InChI is InChI=1S/C30H34F3NO4S/c1-5-6-7-8-13-23-26(39-27(34-23)21-11-9-10-12-22(21)30(31,32)33)17-15-24(35)20-14-16-25(19(2)18-20)38-29(3,4)28(36)37/h9-12,14,16,18H,5-8,13,15,17H2,1-4H3,(H,36,37). The monoisotopic (exact) mass is 561 g/mol. The van der Waals surface area contributed by atoms with Crippen LogP contribution >= 0.6 is 11.3 Å². The Balaban J connectivity index is 1.81. The van der Waals surface area contributed by atoms with E-state index in [0.717, 1.165) is 42.3 Å². The first-order valence-corrected chi connectivity index (χ1v) is 13.9. The van der Waals surface area contributed by atoms with Gasteiger partial charge < -0.3 is 9.84 Å². The van der Waals surface area contributed by atoms with Crippen LogP contribution in [0.3, 0.4) is 0 Å². The van der Waals surface area contributed by atoms with Crippen molar-refractivity contribution in [3.8, 4) is 16.3 Å². The van der Waals surface area contributed by atoms with E-state index in [1.807, 2.05) is 0 Å². The van der Waals surface area contributed by atoms with Gasteiger partial charge in [-0.3, -0.25) is 4.79 Å². The Morgan fingerprint density at radius 3 is 2.38 bits per heavy atom. The molecular formula is C30H34F3NO4S. The van der Waals surface area contributed by atoms with Crippen molar-refractivity contribution in [2.24, 2.45) is 0 Å². The summed E-state index contributed by atoms with van der Waals surface area (Å²) in [4.78, 5) is 29.9. The minimum absolute atomic E-state index is 0.0536. The summed E-state index contributed by atoms with van der Waals surface area (Å²) in [6, 6.07) is 10.3. The number of halogens is 3. The van der Waals surface area contributed by atoms with E-state index in [0.29, 0.717) is 34.7 Å². The van der Waals surface area contributed by atoms with Crippen LogP contribution < -0.4 is 4.74 Å². The molecule has 0 saturated carbocycles. The molecule has 0 aliphatic heterocycles. The molecule has 0 radical (unpaired) electrons. The number of alkyl halides is 3. The van der Waals surface area contributed by atoms with E-state index in [9.17, 15) is 27.9 Å². The maximum atomic E-state index is 13.7. The summed E-state index contributed by atoms with van der Waals surface area (Å²) in [5, 5.41) is 9.62. The number of ether oxygens (including phenoxy) is 1. The lowest BCUT2D eigenvalue weighted by Crippen LogP contribution is -2.38. The third-order valence-electron chi connectivity index (χ3n) is 6.46. The topological polar surface area (TPSA) is 76.5 Å². The number of nitrogens with zero attached hydrogens (tertiary/aromatic N) is 1. The molecule has 0 atom stereocenters. The fourth-order valence-electron chi connectivity index (χ4n) is 4.15. The smallest absolute Gasteiger partial charge is 0.417 e. The van der Waals surface area contributed by atoms with Gasteiger partial charge in [0.05, 0.1) is 11.3 Å². The fourth-order valence-corrected chi connectivity index (χ4v) is 5.30. The van der Waals surface area contributed by atoms with E-state index in [4.69, 9.17) is 4.74 Å². The number of benzene rings is 2. The maximum Gasteiger partial charge on any atom is 0.417 e. The van der Waals surface area contributed by atoms with Gasteiger partial charge in [-0.2, -0.15) is 13.2 Å². The lowest BCUT2D eigenvalue weighted by atomic mass is 10.0. The predicted molar refractivity (Wildman–Crippen MR) is 147 cm³/mol. The number of thiazole rings is 1. The fraction of sp³-hybridized carbons (Fsp3) is 0.433. The predicted octanol–water partition coefficient (Wildman–Crippen LogP) is 8.32. The summed E-state index contributed by atoms with van der Waals surface area (Å²) < 4.78 is 46.6. The van der Waals surface area contributed by atoms with Crippen LogP contribution in [0.1, 0.15) is 84.9 Å². The van der Waals surface area contributed by atoms with E-state index in [1.54, 1.807) is 31.2 Å². The number of hydrogen-bond donors (Lipinski definition) is 1. The van der Waals surface area contributed by atoms with E-state index >= 15 is 0 Å². The minimum Gasteiger partial charge on any atom is -0.478 e. The number of aromatic nitrogens is 1. The molecule has 9 heteroatoms. The SMILES string of the molecule is CCCCCCc1nc(-c2ccccc2C(F)(F)F)sc1CCC(=O)c1ccc(OC(C)(C)C(=O)O)c(C)c1. The number of carbonyl (C=O) groups excluding carboxylic acids is 1. The van der Waals surface area contributed by atoms with Gasteiger partial charge in [-0.05, 0) is 69.9 Å². The zero-order chi connectivity index (χ0) is 28.8. The first-order valence-electron chi connectivity index (χ1n) is 13.0. The molecule has 3 aromatic rings. The summed E-state index contributed by atoms with van der Waals surface area (Å²) in [5.41, 5.74) is -0.231. The highest BCUT2D eigenvalue weighted by molar-refractivity contribution is 7.15. The molecule has 3 rings (SSSR count). The van der Waals surface area contributed by atoms with Crippen LogP contribution in [0.2, 0.25) is 0 Å². The summed E-state index contributed by atoms with van der Waals surface area (Å²) in [6.07, 6.45) is 0.733. The summed E-state index contributed by atoms with van der Waals surface area (Å²) in [6.45, 7) is 6.75. The van der Waals surface area contributed by atoms with Crippen LogP contribution in [0.5, 0.6) is 5.75 Å². The normalized spacial score (nSPS) is 12.0. The molecule has 0 aliphatic rings. The van der Waals surface area contributed by atoms with Gasteiger partial charge in [0.1, 0.15) is 10.8 Å². The third-order valence-corrected chi connectivity index (χ3v) is 7.66. The number of Topliss-reactive ketones (excluding diaryl/α,β-unsaturated/α-hetero) is 1. The van der Waals surface area contributed by atoms with Crippen LogP contribution in [0.25, 0.3) is 10.6 Å². The molecule has 5 nitrogen and oxygen atoms in total. The Labute approximate surface area is 231 Å². The molecule has 1 aromatic heterocycles. The molecule has 39 heavy (non-hydrogen) atoms. The number of hydrogen-bond acceptors (Lipinski definition) is 5.